The van der Waals surface area contributed by atoms with Gasteiger partial charge in [0.25, 0.3) is 0 Å². The normalized spacial score (nSPS) is 10.2. The maximum atomic E-state index is 13.5. The van der Waals surface area contributed by atoms with E-state index in [1.165, 1.54) is 19.2 Å². The van der Waals surface area contributed by atoms with Gasteiger partial charge in [0.1, 0.15) is 0 Å². The summed E-state index contributed by atoms with van der Waals surface area (Å²) in [6.07, 6.45) is 2.54. The van der Waals surface area contributed by atoms with Crippen LogP contribution in [0.4, 0.5) is 4.39 Å². The molecule has 0 aliphatic heterocycles. The first-order chi connectivity index (χ1) is 9.20. The summed E-state index contributed by atoms with van der Waals surface area (Å²) in [5.74, 6) is -0.486. The SMILES string of the molecule is COc1ccc(C(=O)CCc2ccccn2)cc1F. The van der Waals surface area contributed by atoms with Crippen LogP contribution in [0, 0.1) is 5.82 Å². The van der Waals surface area contributed by atoms with Crippen LogP contribution in [-0.2, 0) is 6.42 Å². The number of halogens is 1. The number of methoxy groups -OCH3 is 1. The van der Waals surface area contributed by atoms with Gasteiger partial charge in [-0.2, -0.15) is 0 Å². The van der Waals surface area contributed by atoms with Crippen LogP contribution in [0.3, 0.4) is 0 Å². The third kappa shape index (κ3) is 3.37. The lowest BCUT2D eigenvalue weighted by Crippen LogP contribution is -2.03. The average molecular weight is 259 g/mol. The Labute approximate surface area is 111 Å². The van der Waals surface area contributed by atoms with Gasteiger partial charge >= 0.3 is 0 Å². The number of pyridine rings is 1. The second kappa shape index (κ2) is 6.09. The monoisotopic (exact) mass is 259 g/mol. The fourth-order valence-corrected chi connectivity index (χ4v) is 1.77. The van der Waals surface area contributed by atoms with E-state index in [1.807, 2.05) is 18.2 Å². The Hall–Kier alpha value is -2.23. The van der Waals surface area contributed by atoms with E-state index in [9.17, 15) is 9.18 Å². The third-order valence-electron chi connectivity index (χ3n) is 2.81. The molecule has 0 amide bonds. The third-order valence-corrected chi connectivity index (χ3v) is 2.81. The summed E-state index contributed by atoms with van der Waals surface area (Å²) in [5.41, 5.74) is 1.21. The summed E-state index contributed by atoms with van der Waals surface area (Å²) in [6.45, 7) is 0. The number of hydrogen-bond donors (Lipinski definition) is 0. The van der Waals surface area contributed by atoms with Gasteiger partial charge in [0, 0.05) is 23.9 Å². The van der Waals surface area contributed by atoms with Crippen LogP contribution < -0.4 is 4.74 Å². The van der Waals surface area contributed by atoms with Crippen molar-refractivity contribution in [2.45, 2.75) is 12.8 Å². The zero-order valence-electron chi connectivity index (χ0n) is 10.6. The minimum absolute atomic E-state index is 0.104. The Morgan fingerprint density at radius 3 is 2.79 bits per heavy atom. The first-order valence-electron chi connectivity index (χ1n) is 5.97. The molecule has 0 radical (unpaired) electrons. The Kier molecular flexibility index (Phi) is 4.23. The van der Waals surface area contributed by atoms with Crippen LogP contribution in [-0.4, -0.2) is 17.9 Å². The second-order valence-corrected chi connectivity index (χ2v) is 4.09. The molecule has 0 bridgehead atoms. The van der Waals surface area contributed by atoms with Crippen molar-refractivity contribution >= 4 is 5.78 Å². The van der Waals surface area contributed by atoms with Crippen LogP contribution >= 0.6 is 0 Å². The highest BCUT2D eigenvalue weighted by Gasteiger charge is 2.10. The highest BCUT2D eigenvalue weighted by atomic mass is 19.1. The standard InChI is InChI=1S/C15H14FNO2/c1-19-15-8-5-11(10-13(15)16)14(18)7-6-12-4-2-3-9-17-12/h2-5,8-10H,6-7H2,1H3. The average Bonchev–Trinajstić information content (AvgIpc) is 2.45. The smallest absolute Gasteiger partial charge is 0.165 e. The van der Waals surface area contributed by atoms with E-state index in [1.54, 1.807) is 12.3 Å². The van der Waals surface area contributed by atoms with Crippen molar-refractivity contribution in [3.05, 3.63) is 59.7 Å². The van der Waals surface area contributed by atoms with Gasteiger partial charge in [-0.1, -0.05) is 6.07 Å². The minimum Gasteiger partial charge on any atom is -0.494 e. The lowest BCUT2D eigenvalue weighted by atomic mass is 10.0. The number of rotatable bonds is 5. The maximum Gasteiger partial charge on any atom is 0.165 e. The van der Waals surface area contributed by atoms with E-state index in [0.29, 0.717) is 18.4 Å². The van der Waals surface area contributed by atoms with E-state index < -0.39 is 5.82 Å². The van der Waals surface area contributed by atoms with Crippen molar-refractivity contribution in [1.82, 2.24) is 4.98 Å². The molecule has 0 unspecified atom stereocenters. The van der Waals surface area contributed by atoms with E-state index in [0.717, 1.165) is 5.69 Å². The van der Waals surface area contributed by atoms with E-state index in [2.05, 4.69) is 4.98 Å². The number of ketones is 1. The molecular weight excluding hydrogens is 245 g/mol. The minimum atomic E-state index is -0.522. The van der Waals surface area contributed by atoms with Crippen molar-refractivity contribution in [3.63, 3.8) is 0 Å². The second-order valence-electron chi connectivity index (χ2n) is 4.09. The number of carbonyl (C=O) groups is 1. The summed E-state index contributed by atoms with van der Waals surface area (Å²) in [6, 6.07) is 9.80. The summed E-state index contributed by atoms with van der Waals surface area (Å²) in [4.78, 5) is 16.1. The molecule has 0 saturated carbocycles. The lowest BCUT2D eigenvalue weighted by Gasteiger charge is -2.04. The van der Waals surface area contributed by atoms with Crippen LogP contribution in [0.25, 0.3) is 0 Å². The Bertz CT molecular complexity index is 570. The Balaban J connectivity index is 2.02. The molecule has 0 N–H and O–H groups in total. The number of aryl methyl sites for hydroxylation is 1. The zero-order valence-corrected chi connectivity index (χ0v) is 10.6. The molecule has 4 heteroatoms. The van der Waals surface area contributed by atoms with Gasteiger partial charge in [-0.15, -0.1) is 0 Å². The summed E-state index contributed by atoms with van der Waals surface area (Å²) in [5, 5.41) is 0. The van der Waals surface area contributed by atoms with Gasteiger partial charge < -0.3 is 4.74 Å². The molecule has 0 atom stereocenters. The predicted octanol–water partition coefficient (Wildman–Crippen LogP) is 3.04. The van der Waals surface area contributed by atoms with Crippen molar-refractivity contribution in [2.75, 3.05) is 7.11 Å². The Morgan fingerprint density at radius 2 is 2.16 bits per heavy atom. The molecule has 0 spiro atoms. The largest absolute Gasteiger partial charge is 0.494 e. The van der Waals surface area contributed by atoms with Crippen molar-refractivity contribution in [2.24, 2.45) is 0 Å². The molecule has 0 saturated heterocycles. The quantitative estimate of drug-likeness (QED) is 0.775. The highest BCUT2D eigenvalue weighted by Crippen LogP contribution is 2.18. The number of Topliss-reactive ketones (excluding diaryl/α,β-unsaturated/α-hetero) is 1. The number of aromatic nitrogens is 1. The first-order valence-corrected chi connectivity index (χ1v) is 5.97. The molecule has 0 fully saturated rings. The van der Waals surface area contributed by atoms with Gasteiger partial charge in [-0.25, -0.2) is 4.39 Å². The molecule has 98 valence electrons. The molecule has 1 aromatic heterocycles. The van der Waals surface area contributed by atoms with E-state index >= 15 is 0 Å². The summed E-state index contributed by atoms with van der Waals surface area (Å²) >= 11 is 0. The Morgan fingerprint density at radius 1 is 1.32 bits per heavy atom. The predicted molar refractivity (Wildman–Crippen MR) is 69.8 cm³/mol. The molecule has 19 heavy (non-hydrogen) atoms. The molecule has 2 rings (SSSR count). The molecular formula is C15H14FNO2. The van der Waals surface area contributed by atoms with E-state index in [-0.39, 0.29) is 11.5 Å². The van der Waals surface area contributed by atoms with Crippen LogP contribution in [0.1, 0.15) is 22.5 Å². The van der Waals surface area contributed by atoms with Crippen molar-refractivity contribution in [1.29, 1.82) is 0 Å². The first kappa shape index (κ1) is 13.2. The number of nitrogens with zero attached hydrogens (tertiary/aromatic N) is 1. The van der Waals surface area contributed by atoms with Crippen molar-refractivity contribution < 1.29 is 13.9 Å². The number of benzene rings is 1. The van der Waals surface area contributed by atoms with Gasteiger partial charge in [0.15, 0.2) is 17.3 Å². The number of carbonyl (C=O) groups excluding carboxylic acids is 1. The fraction of sp³-hybridized carbons (Fsp3) is 0.200. The molecule has 0 aliphatic carbocycles. The number of ether oxygens (including phenoxy) is 1. The zero-order chi connectivity index (χ0) is 13.7. The molecule has 1 aromatic carbocycles. The molecule has 1 heterocycles. The van der Waals surface area contributed by atoms with Gasteiger partial charge in [-0.3, -0.25) is 9.78 Å². The topological polar surface area (TPSA) is 39.2 Å². The van der Waals surface area contributed by atoms with Crippen LogP contribution in [0.2, 0.25) is 0 Å². The summed E-state index contributed by atoms with van der Waals surface area (Å²) < 4.78 is 18.3. The summed E-state index contributed by atoms with van der Waals surface area (Å²) in [7, 11) is 1.39. The number of hydrogen-bond acceptors (Lipinski definition) is 3. The molecule has 0 aliphatic rings. The van der Waals surface area contributed by atoms with Crippen LogP contribution in [0.15, 0.2) is 42.6 Å². The van der Waals surface area contributed by atoms with Crippen LogP contribution in [0.5, 0.6) is 5.75 Å². The van der Waals surface area contributed by atoms with Gasteiger partial charge in [0.05, 0.1) is 7.11 Å². The fourth-order valence-electron chi connectivity index (χ4n) is 1.77. The maximum absolute atomic E-state index is 13.5. The van der Waals surface area contributed by atoms with Gasteiger partial charge in [0.2, 0.25) is 0 Å². The highest BCUT2D eigenvalue weighted by molar-refractivity contribution is 5.96. The van der Waals surface area contributed by atoms with Gasteiger partial charge in [-0.05, 0) is 36.8 Å². The van der Waals surface area contributed by atoms with E-state index in [4.69, 9.17) is 4.74 Å². The molecule has 2 aromatic rings. The van der Waals surface area contributed by atoms with Crippen molar-refractivity contribution in [3.8, 4) is 5.75 Å². The lowest BCUT2D eigenvalue weighted by molar-refractivity contribution is 0.0982. The molecule has 3 nitrogen and oxygen atoms in total.